The van der Waals surface area contributed by atoms with E-state index in [0.29, 0.717) is 19.6 Å². The Labute approximate surface area is 90.8 Å². The molecule has 2 unspecified atom stereocenters. The molecule has 0 aromatic heterocycles. The van der Waals surface area contributed by atoms with Crippen molar-refractivity contribution in [3.8, 4) is 0 Å². The lowest BCUT2D eigenvalue weighted by Gasteiger charge is -2.18. The minimum Gasteiger partial charge on any atom is -0.480 e. The zero-order valence-corrected chi connectivity index (χ0v) is 9.66. The van der Waals surface area contributed by atoms with Crippen LogP contribution in [0.15, 0.2) is 0 Å². The number of aliphatic carboxylic acids is 1. The highest BCUT2D eigenvalue weighted by Crippen LogP contribution is 1.98. The molecular weight excluding hydrogens is 198 g/mol. The number of carboxylic acid groups (broad SMARTS) is 1. The van der Waals surface area contributed by atoms with Gasteiger partial charge in [-0.05, 0) is 6.42 Å². The Morgan fingerprint density at radius 3 is 2.53 bits per heavy atom. The third-order valence-electron chi connectivity index (χ3n) is 2.15. The maximum absolute atomic E-state index is 10.8. The van der Waals surface area contributed by atoms with Gasteiger partial charge in [0, 0.05) is 20.8 Å². The molecule has 15 heavy (non-hydrogen) atoms. The Bertz CT molecular complexity index is 175. The second-order valence-corrected chi connectivity index (χ2v) is 3.40. The Hall–Kier alpha value is -0.650. The van der Waals surface area contributed by atoms with Gasteiger partial charge in [-0.3, -0.25) is 4.79 Å². The molecule has 0 rings (SSSR count). The fraction of sp³-hybridized carbons (Fsp3) is 0.900. The molecular formula is C10H21NO4. The van der Waals surface area contributed by atoms with Gasteiger partial charge in [0.1, 0.15) is 6.04 Å². The van der Waals surface area contributed by atoms with Crippen LogP contribution in [0.25, 0.3) is 0 Å². The van der Waals surface area contributed by atoms with Crippen LogP contribution in [0, 0.1) is 0 Å². The summed E-state index contributed by atoms with van der Waals surface area (Å²) in [5, 5.41) is 11.8. The quantitative estimate of drug-likeness (QED) is 0.590. The monoisotopic (exact) mass is 219 g/mol. The van der Waals surface area contributed by atoms with Gasteiger partial charge in [-0.25, -0.2) is 0 Å². The minimum absolute atomic E-state index is 0.103. The van der Waals surface area contributed by atoms with E-state index in [1.54, 1.807) is 14.2 Å². The molecule has 0 radical (unpaired) electrons. The zero-order valence-electron chi connectivity index (χ0n) is 9.66. The summed E-state index contributed by atoms with van der Waals surface area (Å²) in [6, 6.07) is -0.496. The number of methoxy groups -OCH3 is 2. The fourth-order valence-electron chi connectivity index (χ4n) is 1.27. The lowest BCUT2D eigenvalue weighted by molar-refractivity contribution is -0.139. The first-order chi connectivity index (χ1) is 7.15. The molecule has 2 N–H and O–H groups in total. The summed E-state index contributed by atoms with van der Waals surface area (Å²) in [7, 11) is 3.17. The van der Waals surface area contributed by atoms with Crippen molar-refractivity contribution in [2.75, 3.05) is 27.4 Å². The van der Waals surface area contributed by atoms with E-state index in [0.717, 1.165) is 6.42 Å². The molecule has 0 heterocycles. The molecule has 0 aromatic carbocycles. The number of ether oxygens (including phenoxy) is 2. The fourth-order valence-corrected chi connectivity index (χ4v) is 1.27. The van der Waals surface area contributed by atoms with Gasteiger partial charge >= 0.3 is 5.97 Å². The molecule has 0 amide bonds. The summed E-state index contributed by atoms with van der Waals surface area (Å²) in [6.07, 6.45) is 1.36. The van der Waals surface area contributed by atoms with Crippen LogP contribution in [0.1, 0.15) is 19.8 Å². The number of nitrogens with one attached hydrogen (secondary N) is 1. The van der Waals surface area contributed by atoms with Crippen LogP contribution in [-0.4, -0.2) is 50.6 Å². The van der Waals surface area contributed by atoms with E-state index < -0.39 is 12.0 Å². The second kappa shape index (κ2) is 8.64. The topological polar surface area (TPSA) is 67.8 Å². The van der Waals surface area contributed by atoms with Gasteiger partial charge in [0.15, 0.2) is 0 Å². The standard InChI is InChI=1S/C10H21NO4/c1-4-5-9(10(12)13)11-6-8(15-3)7-14-2/h8-9,11H,4-7H2,1-3H3,(H,12,13). The van der Waals surface area contributed by atoms with Crippen molar-refractivity contribution < 1.29 is 19.4 Å². The molecule has 0 saturated heterocycles. The predicted molar refractivity (Wildman–Crippen MR) is 57.0 cm³/mol. The summed E-state index contributed by atoms with van der Waals surface area (Å²) < 4.78 is 10.1. The third-order valence-corrected chi connectivity index (χ3v) is 2.15. The summed E-state index contributed by atoms with van der Waals surface area (Å²) in [4.78, 5) is 10.8. The Kier molecular flexibility index (Phi) is 8.27. The van der Waals surface area contributed by atoms with Crippen molar-refractivity contribution in [3.05, 3.63) is 0 Å². The van der Waals surface area contributed by atoms with Gasteiger partial charge in [-0.15, -0.1) is 0 Å². The highest BCUT2D eigenvalue weighted by Gasteiger charge is 2.17. The van der Waals surface area contributed by atoms with Crippen molar-refractivity contribution >= 4 is 5.97 Å². The molecule has 0 aliphatic rings. The van der Waals surface area contributed by atoms with E-state index >= 15 is 0 Å². The summed E-state index contributed by atoms with van der Waals surface area (Å²) in [5.74, 6) is -0.816. The Balaban J connectivity index is 3.90. The lowest BCUT2D eigenvalue weighted by atomic mass is 10.1. The largest absolute Gasteiger partial charge is 0.480 e. The Morgan fingerprint density at radius 2 is 2.13 bits per heavy atom. The molecule has 0 aliphatic carbocycles. The molecule has 0 aliphatic heterocycles. The second-order valence-electron chi connectivity index (χ2n) is 3.40. The molecule has 2 atom stereocenters. The van der Waals surface area contributed by atoms with Gasteiger partial charge in [-0.2, -0.15) is 0 Å². The normalized spacial score (nSPS) is 14.9. The average Bonchev–Trinajstić information content (AvgIpc) is 2.21. The van der Waals surface area contributed by atoms with E-state index in [9.17, 15) is 4.79 Å². The Morgan fingerprint density at radius 1 is 1.47 bits per heavy atom. The highest BCUT2D eigenvalue weighted by atomic mass is 16.5. The molecule has 0 saturated carbocycles. The lowest BCUT2D eigenvalue weighted by Crippen LogP contribution is -2.42. The average molecular weight is 219 g/mol. The third kappa shape index (κ3) is 6.43. The number of carbonyl (C=O) groups is 1. The first-order valence-corrected chi connectivity index (χ1v) is 5.13. The summed E-state index contributed by atoms with van der Waals surface area (Å²) in [6.45, 7) is 2.91. The number of rotatable bonds is 9. The molecule has 5 heteroatoms. The summed E-state index contributed by atoms with van der Waals surface area (Å²) >= 11 is 0. The van der Waals surface area contributed by atoms with E-state index in [4.69, 9.17) is 14.6 Å². The number of hydrogen-bond acceptors (Lipinski definition) is 4. The van der Waals surface area contributed by atoms with Crippen LogP contribution in [-0.2, 0) is 14.3 Å². The predicted octanol–water partition coefficient (Wildman–Crippen LogP) is 0.491. The van der Waals surface area contributed by atoms with Gasteiger partial charge in [0.2, 0.25) is 0 Å². The van der Waals surface area contributed by atoms with Crippen LogP contribution in [0.4, 0.5) is 0 Å². The van der Waals surface area contributed by atoms with E-state index in [1.807, 2.05) is 6.92 Å². The van der Waals surface area contributed by atoms with E-state index in [2.05, 4.69) is 5.32 Å². The SMILES string of the molecule is CCCC(NCC(COC)OC)C(=O)O. The van der Waals surface area contributed by atoms with Gasteiger partial charge in [0.25, 0.3) is 0 Å². The van der Waals surface area contributed by atoms with Gasteiger partial charge in [0.05, 0.1) is 12.7 Å². The smallest absolute Gasteiger partial charge is 0.320 e. The molecule has 0 spiro atoms. The maximum Gasteiger partial charge on any atom is 0.320 e. The van der Waals surface area contributed by atoms with E-state index in [-0.39, 0.29) is 6.10 Å². The molecule has 90 valence electrons. The van der Waals surface area contributed by atoms with Crippen LogP contribution < -0.4 is 5.32 Å². The van der Waals surface area contributed by atoms with Crippen LogP contribution in [0.2, 0.25) is 0 Å². The molecule has 0 fully saturated rings. The van der Waals surface area contributed by atoms with Crippen molar-refractivity contribution in [1.29, 1.82) is 0 Å². The van der Waals surface area contributed by atoms with Crippen molar-refractivity contribution in [3.63, 3.8) is 0 Å². The maximum atomic E-state index is 10.8. The first kappa shape index (κ1) is 14.3. The van der Waals surface area contributed by atoms with Gasteiger partial charge in [-0.1, -0.05) is 13.3 Å². The van der Waals surface area contributed by atoms with Crippen molar-refractivity contribution in [2.24, 2.45) is 0 Å². The molecule has 5 nitrogen and oxygen atoms in total. The van der Waals surface area contributed by atoms with Crippen molar-refractivity contribution in [2.45, 2.75) is 31.9 Å². The van der Waals surface area contributed by atoms with Crippen LogP contribution >= 0.6 is 0 Å². The minimum atomic E-state index is -0.816. The van der Waals surface area contributed by atoms with Crippen LogP contribution in [0.3, 0.4) is 0 Å². The first-order valence-electron chi connectivity index (χ1n) is 5.13. The molecule has 0 bridgehead atoms. The van der Waals surface area contributed by atoms with Gasteiger partial charge < -0.3 is 19.9 Å². The van der Waals surface area contributed by atoms with Crippen molar-refractivity contribution in [1.82, 2.24) is 5.32 Å². The van der Waals surface area contributed by atoms with E-state index in [1.165, 1.54) is 0 Å². The number of hydrogen-bond donors (Lipinski definition) is 2. The highest BCUT2D eigenvalue weighted by molar-refractivity contribution is 5.73. The number of carboxylic acids is 1. The summed E-state index contributed by atoms with van der Waals surface area (Å²) in [5.41, 5.74) is 0. The zero-order chi connectivity index (χ0) is 11.7. The van der Waals surface area contributed by atoms with Crippen LogP contribution in [0.5, 0.6) is 0 Å². The molecule has 0 aromatic rings.